The summed E-state index contributed by atoms with van der Waals surface area (Å²) in [6, 6.07) is 25.5. The zero-order valence-corrected chi connectivity index (χ0v) is 19.6. The third-order valence-corrected chi connectivity index (χ3v) is 6.60. The number of hydrogen-bond donors (Lipinski definition) is 2. The van der Waals surface area contributed by atoms with Crippen LogP contribution in [-0.4, -0.2) is 33.4 Å². The van der Waals surface area contributed by atoms with E-state index in [1.54, 1.807) is 12.1 Å². The minimum Gasteiger partial charge on any atom is -0.411 e. The molecule has 0 fully saturated rings. The van der Waals surface area contributed by atoms with Crippen LogP contribution in [0, 0.1) is 0 Å². The molecule has 0 spiro atoms. The molecule has 0 aliphatic heterocycles. The fourth-order valence-electron chi connectivity index (χ4n) is 3.85. The highest BCUT2D eigenvalue weighted by atomic mass is 35.5. The molecule has 1 unspecified atom stereocenters. The molecule has 6 nitrogen and oxygen atoms in total. The highest BCUT2D eigenvalue weighted by Crippen LogP contribution is 2.30. The molecule has 2 heterocycles. The van der Waals surface area contributed by atoms with Crippen LogP contribution in [0.2, 0.25) is 5.02 Å². The molecule has 0 saturated heterocycles. The molecule has 34 heavy (non-hydrogen) atoms. The maximum Gasteiger partial charge on any atom is 0.277 e. The van der Waals surface area contributed by atoms with E-state index in [0.717, 1.165) is 27.6 Å². The average molecular weight is 489 g/mol. The lowest BCUT2D eigenvalue weighted by molar-refractivity contribution is -0.118. The Morgan fingerprint density at radius 3 is 2.59 bits per heavy atom. The van der Waals surface area contributed by atoms with E-state index in [0.29, 0.717) is 22.7 Å². The predicted octanol–water partition coefficient (Wildman–Crippen LogP) is 5.91. The number of nitrogens with zero attached hydrogens (tertiary/aromatic N) is 2. The quantitative estimate of drug-likeness (QED) is 0.265. The van der Waals surface area contributed by atoms with Crippen molar-refractivity contribution in [2.24, 2.45) is 0 Å². The number of aromatic amines is 1. The number of aromatic nitrogens is 3. The molecular weight excluding hydrogens is 468 g/mol. The summed E-state index contributed by atoms with van der Waals surface area (Å²) in [6.07, 6.45) is 2.03. The van der Waals surface area contributed by atoms with Crippen LogP contribution in [0.3, 0.4) is 0 Å². The van der Waals surface area contributed by atoms with Crippen LogP contribution in [-0.2, 0) is 4.79 Å². The molecule has 0 radical (unpaired) electrons. The molecule has 8 heteroatoms. The van der Waals surface area contributed by atoms with E-state index in [2.05, 4.69) is 44.8 Å². The smallest absolute Gasteiger partial charge is 0.277 e. The summed E-state index contributed by atoms with van der Waals surface area (Å²) in [6.45, 7) is 0.477. The van der Waals surface area contributed by atoms with Gasteiger partial charge in [-0.3, -0.25) is 4.79 Å². The summed E-state index contributed by atoms with van der Waals surface area (Å²) in [4.78, 5) is 16.0. The van der Waals surface area contributed by atoms with Crippen molar-refractivity contribution in [3.8, 4) is 11.5 Å². The Morgan fingerprint density at radius 1 is 1.00 bits per heavy atom. The molecule has 5 aromatic rings. The number of hydrogen-bond acceptors (Lipinski definition) is 5. The number of rotatable bonds is 8. The topological polar surface area (TPSA) is 83.8 Å². The molecule has 170 valence electrons. The van der Waals surface area contributed by atoms with Gasteiger partial charge in [-0.05, 0) is 41.5 Å². The second kappa shape index (κ2) is 10.2. The number of H-pyrrole nitrogens is 1. The van der Waals surface area contributed by atoms with Gasteiger partial charge in [0.25, 0.3) is 5.22 Å². The van der Waals surface area contributed by atoms with Crippen molar-refractivity contribution in [2.75, 3.05) is 12.3 Å². The zero-order valence-electron chi connectivity index (χ0n) is 18.1. The minimum absolute atomic E-state index is 0.0196. The molecule has 3 aromatic carbocycles. The molecule has 1 atom stereocenters. The summed E-state index contributed by atoms with van der Waals surface area (Å²) >= 11 is 7.13. The molecular formula is C26H21ClN4O2S. The highest BCUT2D eigenvalue weighted by Gasteiger charge is 2.19. The van der Waals surface area contributed by atoms with Gasteiger partial charge in [0, 0.05) is 40.1 Å². The first-order valence-electron chi connectivity index (χ1n) is 10.8. The normalized spacial score (nSPS) is 12.0. The van der Waals surface area contributed by atoms with E-state index in [4.69, 9.17) is 16.0 Å². The number of nitrogens with one attached hydrogen (secondary N) is 2. The van der Waals surface area contributed by atoms with Crippen molar-refractivity contribution < 1.29 is 9.21 Å². The number of halogens is 1. The van der Waals surface area contributed by atoms with E-state index in [9.17, 15) is 4.79 Å². The Morgan fingerprint density at radius 2 is 1.76 bits per heavy atom. The van der Waals surface area contributed by atoms with Crippen molar-refractivity contribution in [3.05, 3.63) is 101 Å². The number of thioether (sulfide) groups is 1. The van der Waals surface area contributed by atoms with Crippen LogP contribution in [0.4, 0.5) is 0 Å². The molecule has 2 aromatic heterocycles. The Balaban J connectivity index is 1.24. The summed E-state index contributed by atoms with van der Waals surface area (Å²) in [5.41, 5.74) is 4.15. The summed E-state index contributed by atoms with van der Waals surface area (Å²) in [7, 11) is 0. The first-order chi connectivity index (χ1) is 16.7. The fraction of sp³-hybridized carbons (Fsp3) is 0.115. The Labute approximate surface area is 205 Å². The van der Waals surface area contributed by atoms with E-state index in [-0.39, 0.29) is 17.6 Å². The second-order valence-corrected chi connectivity index (χ2v) is 9.09. The zero-order chi connectivity index (χ0) is 23.3. The van der Waals surface area contributed by atoms with Gasteiger partial charge < -0.3 is 14.7 Å². The number of fused-ring (bicyclic) bond motifs is 1. The lowest BCUT2D eigenvalue weighted by Gasteiger charge is -2.18. The van der Waals surface area contributed by atoms with Crippen molar-refractivity contribution in [1.82, 2.24) is 20.5 Å². The fourth-order valence-corrected chi connectivity index (χ4v) is 4.57. The van der Waals surface area contributed by atoms with Crippen LogP contribution < -0.4 is 5.32 Å². The molecule has 0 aliphatic carbocycles. The number of para-hydroxylation sites is 1. The molecule has 5 rings (SSSR count). The first-order valence-corrected chi connectivity index (χ1v) is 12.1. The van der Waals surface area contributed by atoms with E-state index in [1.165, 1.54) is 11.8 Å². The molecule has 2 N–H and O–H groups in total. The van der Waals surface area contributed by atoms with Crippen LogP contribution >= 0.6 is 23.4 Å². The largest absolute Gasteiger partial charge is 0.411 e. The maximum absolute atomic E-state index is 12.7. The Hall–Kier alpha value is -3.55. The number of benzene rings is 3. The molecule has 1 amide bonds. The van der Waals surface area contributed by atoms with Crippen LogP contribution in [0.25, 0.3) is 22.4 Å². The summed E-state index contributed by atoms with van der Waals surface area (Å²) < 4.78 is 5.68. The molecule has 0 saturated carbocycles. The van der Waals surface area contributed by atoms with Crippen LogP contribution in [0.1, 0.15) is 17.0 Å². The van der Waals surface area contributed by atoms with Crippen molar-refractivity contribution >= 4 is 40.2 Å². The lowest BCUT2D eigenvalue weighted by atomic mass is 9.91. The van der Waals surface area contributed by atoms with Gasteiger partial charge in [-0.1, -0.05) is 71.9 Å². The second-order valence-electron chi connectivity index (χ2n) is 7.73. The summed E-state index contributed by atoms with van der Waals surface area (Å²) in [5.74, 6) is 0.490. The van der Waals surface area contributed by atoms with E-state index in [1.807, 2.05) is 48.7 Å². The van der Waals surface area contributed by atoms with E-state index >= 15 is 0 Å². The standard InChI is InChI=1S/C26H21ClN4O2S/c27-19-12-10-18(11-13-19)25-30-31-26(33-25)34-16-24(32)29-14-21(17-6-2-1-3-7-17)22-15-28-23-9-5-4-8-20(22)23/h1-13,15,21,28H,14,16H2,(H,29,32). The van der Waals surface area contributed by atoms with Crippen molar-refractivity contribution in [1.29, 1.82) is 0 Å². The molecule has 0 bridgehead atoms. The monoisotopic (exact) mass is 488 g/mol. The number of carbonyl (C=O) groups is 1. The van der Waals surface area contributed by atoms with Gasteiger partial charge in [0.2, 0.25) is 11.8 Å². The van der Waals surface area contributed by atoms with Crippen molar-refractivity contribution in [3.63, 3.8) is 0 Å². The predicted molar refractivity (Wildman–Crippen MR) is 135 cm³/mol. The van der Waals surface area contributed by atoms with Gasteiger partial charge in [-0.2, -0.15) is 0 Å². The maximum atomic E-state index is 12.7. The number of carbonyl (C=O) groups excluding carboxylic acids is 1. The van der Waals surface area contributed by atoms with Gasteiger partial charge in [-0.25, -0.2) is 0 Å². The summed E-state index contributed by atoms with van der Waals surface area (Å²) in [5, 5.41) is 13.3. The lowest BCUT2D eigenvalue weighted by Crippen LogP contribution is -2.30. The third-order valence-electron chi connectivity index (χ3n) is 5.53. The SMILES string of the molecule is O=C(CSc1nnc(-c2ccc(Cl)cc2)o1)NCC(c1ccccc1)c1c[nH]c2ccccc12. The van der Waals surface area contributed by atoms with Crippen LogP contribution in [0.5, 0.6) is 0 Å². The van der Waals surface area contributed by atoms with Gasteiger partial charge in [0.1, 0.15) is 0 Å². The van der Waals surface area contributed by atoms with Gasteiger partial charge in [-0.15, -0.1) is 10.2 Å². The average Bonchev–Trinajstić information content (AvgIpc) is 3.52. The highest BCUT2D eigenvalue weighted by molar-refractivity contribution is 7.99. The first kappa shape index (κ1) is 22.3. The van der Waals surface area contributed by atoms with Crippen LogP contribution in [0.15, 0.2) is 94.7 Å². The van der Waals surface area contributed by atoms with Gasteiger partial charge >= 0.3 is 0 Å². The number of amides is 1. The van der Waals surface area contributed by atoms with Gasteiger partial charge in [0.05, 0.1) is 5.75 Å². The van der Waals surface area contributed by atoms with Crippen molar-refractivity contribution in [2.45, 2.75) is 11.1 Å². The third kappa shape index (κ3) is 5.00. The Bertz CT molecular complexity index is 1400. The molecule has 0 aliphatic rings. The Kier molecular flexibility index (Phi) is 6.65. The minimum atomic E-state index is -0.1000. The van der Waals surface area contributed by atoms with E-state index < -0.39 is 0 Å². The van der Waals surface area contributed by atoms with Gasteiger partial charge in [0.15, 0.2) is 0 Å².